The maximum Gasteiger partial charge on any atom is 0.0967 e. The summed E-state index contributed by atoms with van der Waals surface area (Å²) < 4.78 is 0. The van der Waals surface area contributed by atoms with Gasteiger partial charge in [-0.2, -0.15) is 0 Å². The molecule has 0 atom stereocenters. The summed E-state index contributed by atoms with van der Waals surface area (Å²) in [6, 6.07) is 0. The smallest absolute Gasteiger partial charge is 0.0967 e. The average molecular weight is 231 g/mol. The molecule has 0 aliphatic heterocycles. The van der Waals surface area contributed by atoms with Gasteiger partial charge >= 0.3 is 0 Å². The fourth-order valence-electron chi connectivity index (χ4n) is 0.500. The number of halogens is 2. The molecule has 0 aromatic heterocycles. The van der Waals surface area contributed by atoms with E-state index < -0.39 is 0 Å². The van der Waals surface area contributed by atoms with Crippen molar-refractivity contribution in [2.45, 2.75) is 59.5 Å². The molecule has 84 valence electrons. The third kappa shape index (κ3) is 111. The third-order valence-corrected chi connectivity index (χ3v) is 0.957. The van der Waals surface area contributed by atoms with Crippen molar-refractivity contribution in [1.29, 1.82) is 0 Å². The van der Waals surface area contributed by atoms with Crippen molar-refractivity contribution < 1.29 is 5.11 Å². The van der Waals surface area contributed by atoms with E-state index in [1.165, 1.54) is 25.7 Å². The van der Waals surface area contributed by atoms with Crippen LogP contribution in [0.15, 0.2) is 0 Å². The van der Waals surface area contributed by atoms with Gasteiger partial charge in [0.1, 0.15) is 0 Å². The summed E-state index contributed by atoms with van der Waals surface area (Å²) in [6.45, 7) is 7.91. The monoisotopic (exact) mass is 230 g/mol. The predicted molar refractivity (Wildman–Crippen MR) is 63.7 cm³/mol. The maximum atomic E-state index is 8.06. The van der Waals surface area contributed by atoms with Crippen LogP contribution < -0.4 is 0 Å². The van der Waals surface area contributed by atoms with Crippen LogP contribution in [0.4, 0.5) is 0 Å². The standard InChI is InChI=1S/C6H14.C3H8O.CH2Cl2/c1-3-5-6-4-2;1-3(2)4;2-1-3/h3-6H2,1-2H3;3-4H,1-2H3;1H2. The van der Waals surface area contributed by atoms with Crippen LogP contribution in [0, 0.1) is 0 Å². The van der Waals surface area contributed by atoms with Crippen LogP contribution in [0.1, 0.15) is 53.4 Å². The van der Waals surface area contributed by atoms with E-state index in [0.29, 0.717) is 0 Å². The highest BCUT2D eigenvalue weighted by Crippen LogP contribution is 1.95. The Hall–Kier alpha value is 0.540. The second-order valence-electron chi connectivity index (χ2n) is 2.90. The third-order valence-electron chi connectivity index (χ3n) is 0.957. The molecule has 0 aromatic rings. The number of unbranched alkanes of at least 4 members (excludes halogenated alkanes) is 3. The molecule has 1 nitrogen and oxygen atoms in total. The van der Waals surface area contributed by atoms with E-state index in [0.717, 1.165) is 0 Å². The molecule has 0 aliphatic carbocycles. The lowest BCUT2D eigenvalue weighted by molar-refractivity contribution is 0.216. The summed E-state index contributed by atoms with van der Waals surface area (Å²) in [5.74, 6) is 0. The van der Waals surface area contributed by atoms with Crippen LogP contribution in [-0.2, 0) is 0 Å². The zero-order valence-corrected chi connectivity index (χ0v) is 10.8. The van der Waals surface area contributed by atoms with Crippen molar-refractivity contribution in [3.63, 3.8) is 0 Å². The molecule has 0 radical (unpaired) electrons. The van der Waals surface area contributed by atoms with Gasteiger partial charge in [0, 0.05) is 6.10 Å². The Kier molecular flexibility index (Phi) is 33.8. The molecule has 1 N–H and O–H groups in total. The van der Waals surface area contributed by atoms with Gasteiger partial charge in [-0.25, -0.2) is 0 Å². The summed E-state index contributed by atoms with van der Waals surface area (Å²) in [7, 11) is 0. The Labute approximate surface area is 93.4 Å². The van der Waals surface area contributed by atoms with Crippen LogP contribution in [0.2, 0.25) is 0 Å². The number of rotatable bonds is 3. The van der Waals surface area contributed by atoms with Crippen LogP contribution in [0.25, 0.3) is 0 Å². The van der Waals surface area contributed by atoms with Crippen LogP contribution >= 0.6 is 23.2 Å². The van der Waals surface area contributed by atoms with Gasteiger partial charge in [0.2, 0.25) is 0 Å². The van der Waals surface area contributed by atoms with Gasteiger partial charge in [-0.3, -0.25) is 0 Å². The highest BCUT2D eigenvalue weighted by Gasteiger charge is 1.75. The zero-order chi connectivity index (χ0) is 11.1. The summed E-state index contributed by atoms with van der Waals surface area (Å²) in [4.78, 5) is 0. The number of alkyl halides is 2. The Balaban J connectivity index is -0.000000125. The molecule has 0 aliphatic rings. The second-order valence-corrected chi connectivity index (χ2v) is 3.71. The summed E-state index contributed by atoms with van der Waals surface area (Å²) in [5, 5.41) is 8.25. The lowest BCUT2D eigenvalue weighted by atomic mass is 10.2. The van der Waals surface area contributed by atoms with Crippen molar-refractivity contribution in [2.24, 2.45) is 0 Å². The van der Waals surface area contributed by atoms with Crippen molar-refractivity contribution in [2.75, 3.05) is 5.34 Å². The maximum absolute atomic E-state index is 8.06. The Morgan fingerprint density at radius 3 is 1.23 bits per heavy atom. The Morgan fingerprint density at radius 1 is 1.00 bits per heavy atom. The minimum Gasteiger partial charge on any atom is -0.394 e. The van der Waals surface area contributed by atoms with Gasteiger partial charge in [-0.05, 0) is 13.8 Å². The fourth-order valence-corrected chi connectivity index (χ4v) is 0.500. The van der Waals surface area contributed by atoms with E-state index in [2.05, 4.69) is 13.8 Å². The summed E-state index contributed by atoms with van der Waals surface area (Å²) in [5.41, 5.74) is 0. The predicted octanol–water partition coefficient (Wildman–Crippen LogP) is 4.40. The molecule has 0 bridgehead atoms. The SMILES string of the molecule is CC(C)O.CCCCCC.ClCCl. The molecule has 0 saturated heterocycles. The van der Waals surface area contributed by atoms with E-state index in [4.69, 9.17) is 28.3 Å². The van der Waals surface area contributed by atoms with E-state index in [9.17, 15) is 0 Å². The van der Waals surface area contributed by atoms with Gasteiger partial charge in [-0.15, -0.1) is 23.2 Å². The van der Waals surface area contributed by atoms with Crippen molar-refractivity contribution in [1.82, 2.24) is 0 Å². The lowest BCUT2D eigenvalue weighted by Gasteiger charge is -1.86. The van der Waals surface area contributed by atoms with Gasteiger partial charge in [0.15, 0.2) is 0 Å². The van der Waals surface area contributed by atoms with Gasteiger partial charge in [0.25, 0.3) is 0 Å². The quantitative estimate of drug-likeness (QED) is 0.564. The first kappa shape index (κ1) is 19.2. The molecule has 13 heavy (non-hydrogen) atoms. The highest BCUT2D eigenvalue weighted by molar-refractivity contribution is 6.40. The minimum atomic E-state index is -0.167. The average Bonchev–Trinajstić information content (AvgIpc) is 2.01. The number of hydrogen-bond donors (Lipinski definition) is 1. The first-order chi connectivity index (χ1) is 6.06. The Bertz CT molecular complexity index is 52.1. The van der Waals surface area contributed by atoms with Gasteiger partial charge in [-0.1, -0.05) is 39.5 Å². The number of aliphatic hydroxyl groups excluding tert-OH is 1. The van der Waals surface area contributed by atoms with E-state index >= 15 is 0 Å². The molecule has 0 amide bonds. The molecule has 3 heteroatoms. The molecule has 0 rings (SSSR count). The van der Waals surface area contributed by atoms with Crippen LogP contribution in [0.3, 0.4) is 0 Å². The number of hydrogen-bond acceptors (Lipinski definition) is 1. The minimum absolute atomic E-state index is 0.167. The van der Waals surface area contributed by atoms with Crippen LogP contribution in [0.5, 0.6) is 0 Å². The topological polar surface area (TPSA) is 20.2 Å². The highest BCUT2D eigenvalue weighted by atomic mass is 35.5. The molecule has 0 aromatic carbocycles. The molecule has 0 spiro atoms. The van der Waals surface area contributed by atoms with Gasteiger partial charge < -0.3 is 5.11 Å². The first-order valence-corrected chi connectivity index (χ1v) is 5.93. The Morgan fingerprint density at radius 2 is 1.15 bits per heavy atom. The molecular formula is C10H24Cl2O. The number of aliphatic hydroxyl groups is 1. The van der Waals surface area contributed by atoms with E-state index in [-0.39, 0.29) is 11.4 Å². The first-order valence-electron chi connectivity index (χ1n) is 4.86. The molecule has 0 unspecified atom stereocenters. The lowest BCUT2D eigenvalue weighted by Crippen LogP contribution is -1.85. The second kappa shape index (κ2) is 22.9. The van der Waals surface area contributed by atoms with E-state index in [1.807, 2.05) is 0 Å². The van der Waals surface area contributed by atoms with Gasteiger partial charge in [0.05, 0.1) is 5.34 Å². The van der Waals surface area contributed by atoms with Crippen LogP contribution in [-0.4, -0.2) is 16.5 Å². The fraction of sp³-hybridized carbons (Fsp3) is 1.00. The van der Waals surface area contributed by atoms with Crippen molar-refractivity contribution in [3.8, 4) is 0 Å². The zero-order valence-electron chi connectivity index (χ0n) is 9.32. The van der Waals surface area contributed by atoms with Crippen molar-refractivity contribution in [3.05, 3.63) is 0 Å². The summed E-state index contributed by atoms with van der Waals surface area (Å²) >= 11 is 9.53. The molecule has 0 heterocycles. The normalized spacial score (nSPS) is 8.31. The van der Waals surface area contributed by atoms with Crippen molar-refractivity contribution >= 4 is 23.2 Å². The molecule has 0 fully saturated rings. The largest absolute Gasteiger partial charge is 0.394 e. The molecule has 0 saturated carbocycles. The molecular weight excluding hydrogens is 207 g/mol. The van der Waals surface area contributed by atoms with E-state index in [1.54, 1.807) is 13.8 Å². The summed E-state index contributed by atoms with van der Waals surface area (Å²) in [6.07, 6.45) is 5.37.